The Hall–Kier alpha value is -3.57. The molecule has 0 spiro atoms. The molecule has 3 aromatic rings. The maximum absolute atomic E-state index is 12.8. The van der Waals surface area contributed by atoms with Gasteiger partial charge in [-0.3, -0.25) is 9.59 Å². The summed E-state index contributed by atoms with van der Waals surface area (Å²) in [5, 5.41) is 6.82. The smallest absolute Gasteiger partial charge is 0.258 e. The Balaban J connectivity index is 1.79. The van der Waals surface area contributed by atoms with Crippen LogP contribution in [-0.4, -0.2) is 11.8 Å². The van der Waals surface area contributed by atoms with Crippen molar-refractivity contribution in [3.8, 4) is 0 Å². The number of amides is 2. The molecule has 0 aromatic heterocycles. The topological polar surface area (TPSA) is 84.2 Å². The Morgan fingerprint density at radius 1 is 1.00 bits per heavy atom. The minimum absolute atomic E-state index is 0.184. The fourth-order valence-corrected chi connectivity index (χ4v) is 3.50. The Morgan fingerprint density at radius 2 is 1.72 bits per heavy atom. The number of primary amides is 1. The van der Waals surface area contributed by atoms with E-state index in [9.17, 15) is 9.59 Å². The highest BCUT2D eigenvalue weighted by Gasteiger charge is 2.28. The molecule has 0 atom stereocenters. The molecule has 0 fully saturated rings. The van der Waals surface area contributed by atoms with Crippen LogP contribution in [0.25, 0.3) is 11.3 Å². The van der Waals surface area contributed by atoms with Gasteiger partial charge in [-0.1, -0.05) is 60.1 Å². The van der Waals surface area contributed by atoms with Crippen LogP contribution in [0.5, 0.6) is 0 Å². The quantitative estimate of drug-likeness (QED) is 0.555. The van der Waals surface area contributed by atoms with Crippen LogP contribution in [-0.2, 0) is 16.0 Å². The van der Waals surface area contributed by atoms with E-state index in [1.807, 2.05) is 60.7 Å². The molecule has 144 valence electrons. The zero-order chi connectivity index (χ0) is 20.4. The lowest BCUT2D eigenvalue weighted by Gasteiger charge is -2.15. The molecule has 0 saturated carbocycles. The van der Waals surface area contributed by atoms with Gasteiger partial charge in [-0.05, 0) is 35.4 Å². The molecule has 0 bridgehead atoms. The first-order chi connectivity index (χ1) is 14.0. The lowest BCUT2D eigenvalue weighted by molar-refractivity contribution is -0.117. The summed E-state index contributed by atoms with van der Waals surface area (Å²) in [6, 6.07) is 22.4. The summed E-state index contributed by atoms with van der Waals surface area (Å²) >= 11 is 6.08. The van der Waals surface area contributed by atoms with Crippen LogP contribution in [0.4, 0.5) is 11.4 Å². The molecule has 4 rings (SSSR count). The summed E-state index contributed by atoms with van der Waals surface area (Å²) in [6.07, 6.45) is 0.184. The van der Waals surface area contributed by atoms with Gasteiger partial charge >= 0.3 is 0 Å². The second kappa shape index (κ2) is 7.81. The molecule has 0 radical (unpaired) electrons. The number of hydrogen-bond donors (Lipinski definition) is 3. The van der Waals surface area contributed by atoms with E-state index in [0.29, 0.717) is 22.0 Å². The first-order valence-corrected chi connectivity index (χ1v) is 9.44. The Labute approximate surface area is 173 Å². The number of rotatable bonds is 5. The molecule has 2 amide bonds. The largest absolute Gasteiger partial charge is 0.369 e. The average Bonchev–Trinajstić information content (AvgIpc) is 3.02. The SMILES string of the molecule is NC(=O)Cc1ccc(NC(=C2C(=O)Nc3cc(Cl)ccc32)c2ccccc2)cc1. The lowest BCUT2D eigenvalue weighted by atomic mass is 10.00. The standard InChI is InChI=1S/C23H18ClN3O2/c24-16-8-11-18-19(13-16)27-23(29)21(18)22(15-4-2-1-3-5-15)26-17-9-6-14(7-10-17)12-20(25)28/h1-11,13,26H,12H2,(H2,25,28)(H,27,29). The van der Waals surface area contributed by atoms with E-state index in [-0.39, 0.29) is 18.2 Å². The van der Waals surface area contributed by atoms with Gasteiger partial charge in [-0.2, -0.15) is 0 Å². The van der Waals surface area contributed by atoms with Crippen LogP contribution < -0.4 is 16.4 Å². The number of nitrogens with one attached hydrogen (secondary N) is 2. The molecule has 3 aromatic carbocycles. The van der Waals surface area contributed by atoms with Crippen LogP contribution in [0.15, 0.2) is 72.8 Å². The first kappa shape index (κ1) is 18.8. The predicted octanol–water partition coefficient (Wildman–Crippen LogP) is 4.30. The highest BCUT2D eigenvalue weighted by atomic mass is 35.5. The Kier molecular flexibility index (Phi) is 5.06. The molecule has 0 unspecified atom stereocenters. The average molecular weight is 404 g/mol. The third-order valence-electron chi connectivity index (χ3n) is 4.64. The molecule has 29 heavy (non-hydrogen) atoms. The zero-order valence-corrected chi connectivity index (χ0v) is 16.2. The Morgan fingerprint density at radius 3 is 2.41 bits per heavy atom. The van der Waals surface area contributed by atoms with Gasteiger partial charge in [-0.15, -0.1) is 0 Å². The van der Waals surface area contributed by atoms with Crippen molar-refractivity contribution in [2.45, 2.75) is 6.42 Å². The molecule has 1 heterocycles. The maximum Gasteiger partial charge on any atom is 0.258 e. The zero-order valence-electron chi connectivity index (χ0n) is 15.4. The summed E-state index contributed by atoms with van der Waals surface area (Å²) in [7, 11) is 0. The van der Waals surface area contributed by atoms with Crippen molar-refractivity contribution in [1.82, 2.24) is 0 Å². The van der Waals surface area contributed by atoms with E-state index in [2.05, 4.69) is 10.6 Å². The number of nitrogens with two attached hydrogens (primary N) is 1. The molecule has 0 saturated heterocycles. The fraction of sp³-hybridized carbons (Fsp3) is 0.0435. The minimum atomic E-state index is -0.379. The number of carbonyl (C=O) groups is 2. The highest BCUT2D eigenvalue weighted by Crippen LogP contribution is 2.38. The lowest BCUT2D eigenvalue weighted by Crippen LogP contribution is -2.13. The number of benzene rings is 3. The van der Waals surface area contributed by atoms with E-state index in [0.717, 1.165) is 22.4 Å². The van der Waals surface area contributed by atoms with Crippen molar-refractivity contribution in [3.63, 3.8) is 0 Å². The predicted molar refractivity (Wildman–Crippen MR) is 116 cm³/mol. The molecule has 5 nitrogen and oxygen atoms in total. The van der Waals surface area contributed by atoms with Gasteiger partial charge in [0.2, 0.25) is 5.91 Å². The number of hydrogen-bond acceptors (Lipinski definition) is 3. The van der Waals surface area contributed by atoms with Crippen molar-refractivity contribution >= 4 is 46.1 Å². The molecule has 0 aliphatic carbocycles. The van der Waals surface area contributed by atoms with Crippen LogP contribution >= 0.6 is 11.6 Å². The summed E-state index contributed by atoms with van der Waals surface area (Å²) in [6.45, 7) is 0. The third kappa shape index (κ3) is 4.00. The summed E-state index contributed by atoms with van der Waals surface area (Å²) < 4.78 is 0. The van der Waals surface area contributed by atoms with Crippen LogP contribution in [0, 0.1) is 0 Å². The molecular formula is C23H18ClN3O2. The van der Waals surface area contributed by atoms with Gasteiger partial charge in [0.05, 0.1) is 23.4 Å². The third-order valence-corrected chi connectivity index (χ3v) is 4.88. The van der Waals surface area contributed by atoms with Crippen LogP contribution in [0.3, 0.4) is 0 Å². The van der Waals surface area contributed by atoms with Gasteiger partial charge in [0.25, 0.3) is 5.91 Å². The number of halogens is 1. The van der Waals surface area contributed by atoms with E-state index in [1.54, 1.807) is 12.1 Å². The van der Waals surface area contributed by atoms with E-state index >= 15 is 0 Å². The van der Waals surface area contributed by atoms with Gasteiger partial charge in [0.15, 0.2) is 0 Å². The maximum atomic E-state index is 12.8. The first-order valence-electron chi connectivity index (χ1n) is 9.06. The van der Waals surface area contributed by atoms with Gasteiger partial charge in [-0.25, -0.2) is 0 Å². The summed E-state index contributed by atoms with van der Waals surface area (Å²) in [4.78, 5) is 23.9. The van der Waals surface area contributed by atoms with E-state index < -0.39 is 0 Å². The van der Waals surface area contributed by atoms with E-state index in [4.69, 9.17) is 17.3 Å². The van der Waals surface area contributed by atoms with Crippen molar-refractivity contribution in [2.24, 2.45) is 5.73 Å². The van der Waals surface area contributed by atoms with Crippen LogP contribution in [0.1, 0.15) is 16.7 Å². The van der Waals surface area contributed by atoms with Crippen LogP contribution in [0.2, 0.25) is 5.02 Å². The number of fused-ring (bicyclic) bond motifs is 1. The van der Waals surface area contributed by atoms with E-state index in [1.165, 1.54) is 0 Å². The monoisotopic (exact) mass is 403 g/mol. The van der Waals surface area contributed by atoms with Gasteiger partial charge in [0.1, 0.15) is 0 Å². The second-order valence-electron chi connectivity index (χ2n) is 6.73. The second-order valence-corrected chi connectivity index (χ2v) is 7.16. The van der Waals surface area contributed by atoms with Crippen molar-refractivity contribution in [2.75, 3.05) is 10.6 Å². The fourth-order valence-electron chi connectivity index (χ4n) is 3.33. The molecule has 6 heteroatoms. The number of carbonyl (C=O) groups excluding carboxylic acids is 2. The van der Waals surface area contributed by atoms with Crippen molar-refractivity contribution < 1.29 is 9.59 Å². The van der Waals surface area contributed by atoms with Gasteiger partial charge in [0, 0.05) is 16.3 Å². The molecule has 4 N–H and O–H groups in total. The summed E-state index contributed by atoms with van der Waals surface area (Å²) in [5.74, 6) is -0.574. The molecule has 1 aliphatic rings. The molecular weight excluding hydrogens is 386 g/mol. The Bertz CT molecular complexity index is 1120. The van der Waals surface area contributed by atoms with Gasteiger partial charge < -0.3 is 16.4 Å². The van der Waals surface area contributed by atoms with Crippen molar-refractivity contribution in [3.05, 3.63) is 94.5 Å². The normalized spacial score (nSPS) is 14.2. The summed E-state index contributed by atoms with van der Waals surface area (Å²) in [5.41, 5.74) is 10.5. The van der Waals surface area contributed by atoms with Crippen molar-refractivity contribution in [1.29, 1.82) is 0 Å². The number of anilines is 2. The minimum Gasteiger partial charge on any atom is -0.369 e. The molecule has 1 aliphatic heterocycles. The highest BCUT2D eigenvalue weighted by molar-refractivity contribution is 6.38.